The highest BCUT2D eigenvalue weighted by atomic mass is 16.3. The number of rotatable bonds is 3. The number of furan rings is 1. The second-order valence-corrected chi connectivity index (χ2v) is 7.10. The van der Waals surface area contributed by atoms with Gasteiger partial charge in [0.05, 0.1) is 6.54 Å². The monoisotopic (exact) mass is 259 g/mol. The van der Waals surface area contributed by atoms with Gasteiger partial charge in [0.2, 0.25) is 0 Å². The van der Waals surface area contributed by atoms with Crippen LogP contribution in [0.4, 0.5) is 0 Å². The lowest BCUT2D eigenvalue weighted by Gasteiger charge is -2.37. The SMILES string of the molecule is Cc1ccc(CNC2C3CCCC4CC2CC4C3)o1. The van der Waals surface area contributed by atoms with Crippen molar-refractivity contribution in [2.75, 3.05) is 0 Å². The predicted molar refractivity (Wildman–Crippen MR) is 75.7 cm³/mol. The van der Waals surface area contributed by atoms with Crippen molar-refractivity contribution in [3.8, 4) is 0 Å². The van der Waals surface area contributed by atoms with Crippen LogP contribution >= 0.6 is 0 Å². The van der Waals surface area contributed by atoms with E-state index in [4.69, 9.17) is 4.42 Å². The van der Waals surface area contributed by atoms with Crippen molar-refractivity contribution >= 4 is 0 Å². The van der Waals surface area contributed by atoms with Gasteiger partial charge in [-0.15, -0.1) is 0 Å². The van der Waals surface area contributed by atoms with Crippen molar-refractivity contribution in [1.82, 2.24) is 5.32 Å². The Morgan fingerprint density at radius 2 is 1.84 bits per heavy atom. The first kappa shape index (κ1) is 12.0. The lowest BCUT2D eigenvalue weighted by atomic mass is 9.75. The topological polar surface area (TPSA) is 25.2 Å². The zero-order valence-electron chi connectivity index (χ0n) is 11.9. The molecule has 5 atom stereocenters. The van der Waals surface area contributed by atoms with Crippen molar-refractivity contribution in [3.05, 3.63) is 23.7 Å². The number of hydrogen-bond acceptors (Lipinski definition) is 2. The first-order valence-electron chi connectivity index (χ1n) is 8.08. The minimum atomic E-state index is 0.756. The average molecular weight is 259 g/mol. The van der Waals surface area contributed by atoms with Crippen LogP contribution in [0.2, 0.25) is 0 Å². The van der Waals surface area contributed by atoms with Crippen LogP contribution in [0.3, 0.4) is 0 Å². The number of fused-ring (bicyclic) bond motifs is 2. The highest BCUT2D eigenvalue weighted by Crippen LogP contribution is 2.53. The summed E-state index contributed by atoms with van der Waals surface area (Å²) in [7, 11) is 0. The van der Waals surface area contributed by atoms with E-state index in [0.717, 1.165) is 47.8 Å². The molecule has 2 nitrogen and oxygen atoms in total. The van der Waals surface area contributed by atoms with Crippen LogP contribution < -0.4 is 5.32 Å². The van der Waals surface area contributed by atoms with E-state index in [2.05, 4.69) is 17.4 Å². The van der Waals surface area contributed by atoms with Gasteiger partial charge >= 0.3 is 0 Å². The molecule has 1 N–H and O–H groups in total. The Morgan fingerprint density at radius 1 is 1.05 bits per heavy atom. The average Bonchev–Trinajstić information content (AvgIpc) is 2.89. The quantitative estimate of drug-likeness (QED) is 0.890. The van der Waals surface area contributed by atoms with Crippen LogP contribution in [0.15, 0.2) is 16.5 Å². The van der Waals surface area contributed by atoms with E-state index in [0.29, 0.717) is 0 Å². The second kappa shape index (κ2) is 4.66. The molecule has 0 amide bonds. The fourth-order valence-corrected chi connectivity index (χ4v) is 5.19. The molecule has 3 saturated carbocycles. The first-order valence-corrected chi connectivity index (χ1v) is 8.08. The van der Waals surface area contributed by atoms with Crippen LogP contribution in [0, 0.1) is 30.6 Å². The Bertz CT molecular complexity index is 452. The van der Waals surface area contributed by atoms with Gasteiger partial charge in [-0.3, -0.25) is 0 Å². The Kier molecular flexibility index (Phi) is 2.95. The molecule has 1 aromatic heterocycles. The number of aryl methyl sites for hydroxylation is 1. The van der Waals surface area contributed by atoms with Gasteiger partial charge in [-0.25, -0.2) is 0 Å². The molecule has 19 heavy (non-hydrogen) atoms. The predicted octanol–water partition coefficient (Wildman–Crippen LogP) is 3.89. The van der Waals surface area contributed by atoms with E-state index in [1.54, 1.807) is 0 Å². The van der Waals surface area contributed by atoms with Gasteiger partial charge in [-0.05, 0) is 68.4 Å². The molecule has 4 rings (SSSR count). The third-order valence-electron chi connectivity index (χ3n) is 5.96. The van der Waals surface area contributed by atoms with Crippen molar-refractivity contribution in [2.45, 2.75) is 58.0 Å². The molecule has 1 heterocycles. The van der Waals surface area contributed by atoms with Gasteiger partial charge in [0.25, 0.3) is 0 Å². The molecule has 3 fully saturated rings. The summed E-state index contributed by atoms with van der Waals surface area (Å²) in [6.45, 7) is 2.94. The molecule has 3 bridgehead atoms. The smallest absolute Gasteiger partial charge is 0.117 e. The summed E-state index contributed by atoms with van der Waals surface area (Å²) < 4.78 is 5.70. The Balaban J connectivity index is 1.45. The Morgan fingerprint density at radius 3 is 2.68 bits per heavy atom. The lowest BCUT2D eigenvalue weighted by Crippen LogP contribution is -2.43. The van der Waals surface area contributed by atoms with Gasteiger partial charge in [0.15, 0.2) is 0 Å². The molecule has 0 spiro atoms. The zero-order chi connectivity index (χ0) is 12.8. The van der Waals surface area contributed by atoms with E-state index in [-0.39, 0.29) is 0 Å². The van der Waals surface area contributed by atoms with E-state index in [9.17, 15) is 0 Å². The third kappa shape index (κ3) is 2.14. The van der Waals surface area contributed by atoms with Gasteiger partial charge in [-0.1, -0.05) is 12.8 Å². The molecule has 3 aliphatic rings. The number of hydrogen-bond donors (Lipinski definition) is 1. The van der Waals surface area contributed by atoms with Crippen molar-refractivity contribution in [2.24, 2.45) is 23.7 Å². The van der Waals surface area contributed by atoms with E-state index >= 15 is 0 Å². The van der Waals surface area contributed by atoms with Gasteiger partial charge in [0, 0.05) is 6.04 Å². The summed E-state index contributed by atoms with van der Waals surface area (Å²) >= 11 is 0. The summed E-state index contributed by atoms with van der Waals surface area (Å²) in [5.74, 6) is 6.15. The van der Waals surface area contributed by atoms with Gasteiger partial charge in [-0.2, -0.15) is 0 Å². The maximum Gasteiger partial charge on any atom is 0.117 e. The molecule has 5 unspecified atom stereocenters. The standard InChI is InChI=1S/C17H25NO/c1-11-5-6-16(19-11)10-18-17-13-4-2-3-12-7-15(17)9-14(12)8-13/h5-6,12-15,17-18H,2-4,7-10H2,1H3. The van der Waals surface area contributed by atoms with Gasteiger partial charge < -0.3 is 9.73 Å². The molecule has 0 aliphatic heterocycles. The van der Waals surface area contributed by atoms with Crippen LogP contribution in [0.5, 0.6) is 0 Å². The molecule has 2 heteroatoms. The largest absolute Gasteiger partial charge is 0.465 e. The van der Waals surface area contributed by atoms with E-state index in [1.807, 2.05) is 6.92 Å². The van der Waals surface area contributed by atoms with Crippen molar-refractivity contribution < 1.29 is 4.42 Å². The van der Waals surface area contributed by atoms with Crippen LogP contribution in [0.1, 0.15) is 50.0 Å². The minimum absolute atomic E-state index is 0.756. The maximum absolute atomic E-state index is 5.70. The van der Waals surface area contributed by atoms with Crippen LogP contribution in [-0.4, -0.2) is 6.04 Å². The lowest BCUT2D eigenvalue weighted by molar-refractivity contribution is 0.174. The van der Waals surface area contributed by atoms with Gasteiger partial charge in [0.1, 0.15) is 11.5 Å². The highest BCUT2D eigenvalue weighted by Gasteiger charge is 2.47. The van der Waals surface area contributed by atoms with Crippen LogP contribution in [-0.2, 0) is 6.54 Å². The van der Waals surface area contributed by atoms with E-state index in [1.165, 1.54) is 38.5 Å². The van der Waals surface area contributed by atoms with E-state index < -0.39 is 0 Å². The second-order valence-electron chi connectivity index (χ2n) is 7.10. The molecule has 0 saturated heterocycles. The summed E-state index contributed by atoms with van der Waals surface area (Å²) in [6, 6.07) is 4.94. The zero-order valence-corrected chi connectivity index (χ0v) is 11.9. The molecular formula is C17H25NO. The normalized spacial score (nSPS) is 40.6. The molecule has 3 aliphatic carbocycles. The minimum Gasteiger partial charge on any atom is -0.465 e. The molecular weight excluding hydrogens is 234 g/mol. The summed E-state index contributed by atoms with van der Waals surface area (Å²) in [5.41, 5.74) is 0. The van der Waals surface area contributed by atoms with Crippen molar-refractivity contribution in [3.63, 3.8) is 0 Å². The highest BCUT2D eigenvalue weighted by molar-refractivity contribution is 5.06. The summed E-state index contributed by atoms with van der Waals surface area (Å²) in [5, 5.41) is 3.84. The summed E-state index contributed by atoms with van der Waals surface area (Å²) in [6.07, 6.45) is 8.93. The van der Waals surface area contributed by atoms with Crippen LogP contribution in [0.25, 0.3) is 0 Å². The summed E-state index contributed by atoms with van der Waals surface area (Å²) in [4.78, 5) is 0. The molecule has 1 aromatic rings. The Labute approximate surface area is 116 Å². The molecule has 0 aromatic carbocycles. The third-order valence-corrected chi connectivity index (χ3v) is 5.96. The first-order chi connectivity index (χ1) is 9.29. The molecule has 104 valence electrons. The Hall–Kier alpha value is -0.760. The molecule has 0 radical (unpaired) electrons. The maximum atomic E-state index is 5.70. The van der Waals surface area contributed by atoms with Crippen molar-refractivity contribution in [1.29, 1.82) is 0 Å². The number of nitrogens with one attached hydrogen (secondary N) is 1. The fraction of sp³-hybridized carbons (Fsp3) is 0.765. The fourth-order valence-electron chi connectivity index (χ4n) is 5.19.